The predicted molar refractivity (Wildman–Crippen MR) is 95.3 cm³/mol. The van der Waals surface area contributed by atoms with Gasteiger partial charge in [0, 0.05) is 28.2 Å². The van der Waals surface area contributed by atoms with Crippen LogP contribution in [0.3, 0.4) is 0 Å². The van der Waals surface area contributed by atoms with E-state index >= 15 is 0 Å². The minimum Gasteiger partial charge on any atom is -0.349 e. The quantitative estimate of drug-likeness (QED) is 0.449. The highest BCUT2D eigenvalue weighted by atomic mass is 127. The van der Waals surface area contributed by atoms with Crippen LogP contribution < -0.4 is 0 Å². The molecule has 6 nitrogen and oxygen atoms in total. The summed E-state index contributed by atoms with van der Waals surface area (Å²) in [5.41, 5.74) is 2.16. The van der Waals surface area contributed by atoms with E-state index in [4.69, 9.17) is 0 Å². The van der Waals surface area contributed by atoms with Crippen LogP contribution in [0.25, 0.3) is 5.69 Å². The summed E-state index contributed by atoms with van der Waals surface area (Å²) in [6.07, 6.45) is 3.21. The first-order valence-corrected chi connectivity index (χ1v) is 6.41. The van der Waals surface area contributed by atoms with Crippen molar-refractivity contribution in [1.29, 1.82) is 0 Å². The fraction of sp³-hybridized carbons (Fsp3) is 0.357. The second-order valence-electron chi connectivity index (χ2n) is 4.91. The van der Waals surface area contributed by atoms with Gasteiger partial charge in [-0.2, -0.15) is 5.10 Å². The number of benzene rings is 1. The molecule has 7 heteroatoms. The fourth-order valence-electron chi connectivity index (χ4n) is 1.94. The maximum Gasteiger partial charge on any atom is 0.195 e. The molecule has 0 spiro atoms. The summed E-state index contributed by atoms with van der Waals surface area (Å²) in [5, 5.41) is 4.10. The summed E-state index contributed by atoms with van der Waals surface area (Å²) >= 11 is 0. The van der Waals surface area contributed by atoms with Gasteiger partial charge in [-0.25, -0.2) is 14.7 Å². The molecule has 114 valence electrons. The molecule has 1 aromatic heterocycles. The molecule has 1 heterocycles. The second kappa shape index (κ2) is 7.96. The number of halogens is 1. The molecule has 0 bridgehead atoms. The van der Waals surface area contributed by atoms with Gasteiger partial charge in [0.2, 0.25) is 0 Å². The third-order valence-corrected chi connectivity index (χ3v) is 2.82. The Morgan fingerprint density at radius 3 is 2.19 bits per heavy atom. The molecule has 0 amide bonds. The van der Waals surface area contributed by atoms with Crippen molar-refractivity contribution in [3.63, 3.8) is 0 Å². The molecule has 1 aromatic carbocycles. The van der Waals surface area contributed by atoms with Gasteiger partial charge < -0.3 is 9.80 Å². The molecule has 0 radical (unpaired) electrons. The van der Waals surface area contributed by atoms with Crippen LogP contribution in [-0.4, -0.2) is 58.7 Å². The lowest BCUT2D eigenvalue weighted by atomic mass is 10.2. The van der Waals surface area contributed by atoms with Gasteiger partial charge in [-0.15, -0.1) is 24.0 Å². The number of rotatable bonds is 3. The summed E-state index contributed by atoms with van der Waals surface area (Å²) in [7, 11) is 7.97. The standard InChI is InChI=1S/C14H20N6.HI/c1-18(2)14(19(3)4)16-9-12-5-7-13(8-6-12)20-11-15-10-17-20;/h5-8,10-11H,9H2,1-4H3;1H. The highest BCUT2D eigenvalue weighted by Gasteiger charge is 2.04. The lowest BCUT2D eigenvalue weighted by Gasteiger charge is -2.22. The minimum absolute atomic E-state index is 0. The van der Waals surface area contributed by atoms with Gasteiger partial charge in [-0.3, -0.25) is 0 Å². The lowest BCUT2D eigenvalue weighted by Crippen LogP contribution is -2.35. The van der Waals surface area contributed by atoms with Crippen LogP contribution in [0.15, 0.2) is 41.9 Å². The molecule has 0 fully saturated rings. The van der Waals surface area contributed by atoms with Crippen molar-refractivity contribution in [3.05, 3.63) is 42.5 Å². The SMILES string of the molecule is CN(C)C(=NCc1ccc(-n2cncn2)cc1)N(C)C.I. The fourth-order valence-corrected chi connectivity index (χ4v) is 1.94. The van der Waals surface area contributed by atoms with Gasteiger partial charge in [0.05, 0.1) is 12.2 Å². The molecule has 0 saturated heterocycles. The van der Waals surface area contributed by atoms with Crippen LogP contribution in [0.2, 0.25) is 0 Å². The Bertz CT molecular complexity index is 550. The summed E-state index contributed by atoms with van der Waals surface area (Å²) < 4.78 is 1.73. The Labute approximate surface area is 142 Å². The molecule has 0 N–H and O–H groups in total. The Balaban J connectivity index is 0.00000220. The zero-order valence-electron chi connectivity index (χ0n) is 12.8. The second-order valence-corrected chi connectivity index (χ2v) is 4.91. The Morgan fingerprint density at radius 1 is 1.10 bits per heavy atom. The average molecular weight is 400 g/mol. The molecular weight excluding hydrogens is 379 g/mol. The highest BCUT2D eigenvalue weighted by Crippen LogP contribution is 2.09. The molecule has 2 rings (SSSR count). The summed E-state index contributed by atoms with van der Waals surface area (Å²) in [4.78, 5) is 12.6. The number of nitrogens with zero attached hydrogens (tertiary/aromatic N) is 6. The molecule has 21 heavy (non-hydrogen) atoms. The Hall–Kier alpha value is -1.64. The van der Waals surface area contributed by atoms with Gasteiger partial charge >= 0.3 is 0 Å². The van der Waals surface area contributed by atoms with Crippen LogP contribution in [0, 0.1) is 0 Å². The average Bonchev–Trinajstić information content (AvgIpc) is 2.92. The van der Waals surface area contributed by atoms with E-state index in [1.54, 1.807) is 11.0 Å². The van der Waals surface area contributed by atoms with Crippen LogP contribution in [0.4, 0.5) is 0 Å². The van der Waals surface area contributed by atoms with E-state index in [0.29, 0.717) is 6.54 Å². The van der Waals surface area contributed by atoms with E-state index in [9.17, 15) is 0 Å². The van der Waals surface area contributed by atoms with E-state index in [0.717, 1.165) is 17.2 Å². The zero-order chi connectivity index (χ0) is 14.5. The Morgan fingerprint density at radius 2 is 1.71 bits per heavy atom. The van der Waals surface area contributed by atoms with E-state index in [1.165, 1.54) is 6.33 Å². The van der Waals surface area contributed by atoms with Gasteiger partial charge in [-0.05, 0) is 17.7 Å². The summed E-state index contributed by atoms with van der Waals surface area (Å²) in [6.45, 7) is 0.656. The van der Waals surface area contributed by atoms with Crippen molar-refractivity contribution in [3.8, 4) is 5.69 Å². The first kappa shape index (κ1) is 17.4. The third kappa shape index (κ3) is 4.69. The number of hydrogen-bond donors (Lipinski definition) is 0. The molecule has 0 atom stereocenters. The summed E-state index contributed by atoms with van der Waals surface area (Å²) in [5.74, 6) is 0.949. The molecule has 0 aliphatic rings. The van der Waals surface area contributed by atoms with Crippen molar-refractivity contribution in [2.24, 2.45) is 4.99 Å². The first-order valence-electron chi connectivity index (χ1n) is 6.41. The summed E-state index contributed by atoms with van der Waals surface area (Å²) in [6, 6.07) is 8.15. The smallest absolute Gasteiger partial charge is 0.195 e. The van der Waals surface area contributed by atoms with Crippen molar-refractivity contribution in [1.82, 2.24) is 24.6 Å². The number of aromatic nitrogens is 3. The van der Waals surface area contributed by atoms with Crippen molar-refractivity contribution < 1.29 is 0 Å². The molecule has 2 aromatic rings. The van der Waals surface area contributed by atoms with E-state index < -0.39 is 0 Å². The monoisotopic (exact) mass is 400 g/mol. The highest BCUT2D eigenvalue weighted by molar-refractivity contribution is 14.0. The van der Waals surface area contributed by atoms with Crippen molar-refractivity contribution in [2.75, 3.05) is 28.2 Å². The normalized spacial score (nSPS) is 9.71. The van der Waals surface area contributed by atoms with Crippen LogP contribution in [0.1, 0.15) is 5.56 Å². The largest absolute Gasteiger partial charge is 0.349 e. The topological polar surface area (TPSA) is 49.6 Å². The van der Waals surface area contributed by atoms with Crippen molar-refractivity contribution >= 4 is 29.9 Å². The minimum atomic E-state index is 0. The van der Waals surface area contributed by atoms with Gasteiger partial charge in [0.25, 0.3) is 0 Å². The predicted octanol–water partition coefficient (Wildman–Crippen LogP) is 1.86. The van der Waals surface area contributed by atoms with E-state index in [2.05, 4.69) is 27.2 Å². The Kier molecular flexibility index (Phi) is 6.60. The van der Waals surface area contributed by atoms with Crippen molar-refractivity contribution in [2.45, 2.75) is 6.54 Å². The molecule has 0 saturated carbocycles. The lowest BCUT2D eigenvalue weighted by molar-refractivity contribution is 0.479. The number of hydrogen-bond acceptors (Lipinski definition) is 3. The van der Waals surface area contributed by atoms with Gasteiger partial charge in [0.1, 0.15) is 12.7 Å². The molecular formula is C14H21IN6. The van der Waals surface area contributed by atoms with E-state index in [-0.39, 0.29) is 24.0 Å². The number of aliphatic imine (C=N–C) groups is 1. The van der Waals surface area contributed by atoms with Crippen LogP contribution in [-0.2, 0) is 6.54 Å². The van der Waals surface area contributed by atoms with Crippen LogP contribution in [0.5, 0.6) is 0 Å². The van der Waals surface area contributed by atoms with Gasteiger partial charge in [0.15, 0.2) is 5.96 Å². The third-order valence-electron chi connectivity index (χ3n) is 2.82. The molecule has 0 aliphatic heterocycles. The van der Waals surface area contributed by atoms with E-state index in [1.807, 2.05) is 50.1 Å². The molecule has 0 unspecified atom stereocenters. The van der Waals surface area contributed by atoms with Gasteiger partial charge in [-0.1, -0.05) is 12.1 Å². The first-order chi connectivity index (χ1) is 9.58. The zero-order valence-corrected chi connectivity index (χ0v) is 15.1. The maximum absolute atomic E-state index is 4.62. The maximum atomic E-state index is 4.62. The van der Waals surface area contributed by atoms with Crippen LogP contribution >= 0.6 is 24.0 Å². The molecule has 0 aliphatic carbocycles. The number of guanidine groups is 1.